The van der Waals surface area contributed by atoms with E-state index in [2.05, 4.69) is 27.3 Å². The highest BCUT2D eigenvalue weighted by Gasteiger charge is 2.42. The molecule has 1 aliphatic carbocycles. The molecule has 1 fully saturated rings. The summed E-state index contributed by atoms with van der Waals surface area (Å²) in [7, 11) is 0. The number of nitrogens with one attached hydrogen (secondary N) is 1. The predicted molar refractivity (Wildman–Crippen MR) is 87.9 cm³/mol. The molecule has 0 amide bonds. The molecule has 5 nitrogen and oxygen atoms in total. The molecule has 22 heavy (non-hydrogen) atoms. The molecular formula is C15H13Cl2N5. The molecule has 1 aliphatic rings. The van der Waals surface area contributed by atoms with Gasteiger partial charge in [-0.25, -0.2) is 14.6 Å². The Hall–Kier alpha value is -1.85. The first kappa shape index (κ1) is 13.8. The molecule has 0 spiro atoms. The zero-order chi connectivity index (χ0) is 15.3. The Balaban J connectivity index is 1.66. The molecule has 3 aromatic rings. The quantitative estimate of drug-likeness (QED) is 0.772. The van der Waals surface area contributed by atoms with E-state index in [4.69, 9.17) is 23.2 Å². The van der Waals surface area contributed by atoms with Gasteiger partial charge in [-0.15, -0.1) is 0 Å². The second-order valence-corrected chi connectivity index (χ2v) is 6.57. The van der Waals surface area contributed by atoms with Crippen LogP contribution in [0.2, 0.25) is 10.2 Å². The summed E-state index contributed by atoms with van der Waals surface area (Å²) in [6.07, 6.45) is 5.64. The first-order chi connectivity index (χ1) is 10.5. The number of fused-ring (bicyclic) bond motifs is 1. The second kappa shape index (κ2) is 4.83. The SMILES string of the molecule is CC1(n2ncc(Nc3ncc4cc(Cl)ccc4n3)c2Cl)CC1. The zero-order valence-corrected chi connectivity index (χ0v) is 13.4. The van der Waals surface area contributed by atoms with Crippen LogP contribution in [0.15, 0.2) is 30.6 Å². The summed E-state index contributed by atoms with van der Waals surface area (Å²) < 4.78 is 1.86. The largest absolute Gasteiger partial charge is 0.320 e. The van der Waals surface area contributed by atoms with Gasteiger partial charge in [-0.3, -0.25) is 0 Å². The van der Waals surface area contributed by atoms with E-state index in [1.807, 2.05) is 16.8 Å². The van der Waals surface area contributed by atoms with Crippen molar-refractivity contribution in [1.29, 1.82) is 0 Å². The number of hydrogen-bond donors (Lipinski definition) is 1. The average molecular weight is 334 g/mol. The fourth-order valence-electron chi connectivity index (χ4n) is 2.37. The van der Waals surface area contributed by atoms with E-state index in [0.717, 1.165) is 23.7 Å². The lowest BCUT2D eigenvalue weighted by Crippen LogP contribution is -2.13. The topological polar surface area (TPSA) is 55.6 Å². The van der Waals surface area contributed by atoms with Crippen molar-refractivity contribution in [2.24, 2.45) is 0 Å². The smallest absolute Gasteiger partial charge is 0.227 e. The molecule has 1 N–H and O–H groups in total. The van der Waals surface area contributed by atoms with Crippen molar-refractivity contribution in [2.45, 2.75) is 25.3 Å². The Kier molecular flexibility index (Phi) is 3.03. The van der Waals surface area contributed by atoms with Gasteiger partial charge in [0.05, 0.1) is 22.9 Å². The van der Waals surface area contributed by atoms with Crippen LogP contribution in [-0.2, 0) is 5.54 Å². The molecule has 2 aromatic heterocycles. The minimum Gasteiger partial charge on any atom is -0.320 e. The summed E-state index contributed by atoms with van der Waals surface area (Å²) in [5.74, 6) is 0.484. The molecule has 0 saturated heterocycles. The fourth-order valence-corrected chi connectivity index (χ4v) is 2.90. The molecule has 112 valence electrons. The third kappa shape index (κ3) is 2.30. The van der Waals surface area contributed by atoms with Crippen LogP contribution in [0.3, 0.4) is 0 Å². The van der Waals surface area contributed by atoms with Crippen LogP contribution in [0.25, 0.3) is 10.9 Å². The van der Waals surface area contributed by atoms with Crippen molar-refractivity contribution in [2.75, 3.05) is 5.32 Å². The van der Waals surface area contributed by atoms with Crippen LogP contribution in [0.4, 0.5) is 11.6 Å². The van der Waals surface area contributed by atoms with Crippen LogP contribution in [0.1, 0.15) is 19.8 Å². The van der Waals surface area contributed by atoms with E-state index in [1.54, 1.807) is 18.5 Å². The van der Waals surface area contributed by atoms with Gasteiger partial charge in [0.2, 0.25) is 5.95 Å². The molecule has 2 heterocycles. The molecule has 0 aliphatic heterocycles. The Morgan fingerprint density at radius 2 is 2.05 bits per heavy atom. The predicted octanol–water partition coefficient (Wildman–Crippen LogP) is 4.39. The first-order valence-electron chi connectivity index (χ1n) is 6.98. The lowest BCUT2D eigenvalue weighted by molar-refractivity contribution is 0.474. The Labute approximate surface area is 137 Å². The summed E-state index contributed by atoms with van der Waals surface area (Å²) in [4.78, 5) is 8.76. The summed E-state index contributed by atoms with van der Waals surface area (Å²) in [6.45, 7) is 2.14. The molecule has 0 unspecified atom stereocenters. The van der Waals surface area contributed by atoms with Gasteiger partial charge in [0.15, 0.2) is 5.15 Å². The minimum atomic E-state index is 0.0536. The maximum absolute atomic E-state index is 6.40. The molecule has 0 bridgehead atoms. The van der Waals surface area contributed by atoms with E-state index in [0.29, 0.717) is 21.8 Å². The average Bonchev–Trinajstić information content (AvgIpc) is 3.14. The number of rotatable bonds is 3. The number of aromatic nitrogens is 4. The maximum atomic E-state index is 6.40. The molecule has 1 saturated carbocycles. The molecular weight excluding hydrogens is 321 g/mol. The summed E-state index contributed by atoms with van der Waals surface area (Å²) in [5, 5.41) is 9.64. The highest BCUT2D eigenvalue weighted by atomic mass is 35.5. The van der Waals surface area contributed by atoms with E-state index in [9.17, 15) is 0 Å². The molecule has 0 radical (unpaired) electrons. The van der Waals surface area contributed by atoms with Crippen molar-refractivity contribution in [3.05, 3.63) is 40.8 Å². The van der Waals surface area contributed by atoms with Crippen molar-refractivity contribution >= 4 is 45.7 Å². The van der Waals surface area contributed by atoms with Gasteiger partial charge in [-0.2, -0.15) is 5.10 Å². The summed E-state index contributed by atoms with van der Waals surface area (Å²) in [6, 6.07) is 5.50. The van der Waals surface area contributed by atoms with Crippen molar-refractivity contribution < 1.29 is 0 Å². The van der Waals surface area contributed by atoms with E-state index >= 15 is 0 Å². The first-order valence-corrected chi connectivity index (χ1v) is 7.74. The van der Waals surface area contributed by atoms with Crippen LogP contribution >= 0.6 is 23.2 Å². The Bertz CT molecular complexity index is 869. The Morgan fingerprint density at radius 3 is 2.82 bits per heavy atom. The molecule has 1 aromatic carbocycles. The van der Waals surface area contributed by atoms with Crippen LogP contribution in [0, 0.1) is 0 Å². The number of benzene rings is 1. The second-order valence-electron chi connectivity index (χ2n) is 5.78. The standard InChI is InChI=1S/C15H13Cl2N5/c1-15(4-5-15)22-13(17)12(8-19-22)21-14-18-7-9-6-10(16)2-3-11(9)20-14/h2-3,6-8H,4-5H2,1H3,(H,18,20,21). The van der Waals surface area contributed by atoms with Crippen molar-refractivity contribution in [3.8, 4) is 0 Å². The maximum Gasteiger partial charge on any atom is 0.227 e. The number of nitrogens with zero attached hydrogens (tertiary/aromatic N) is 4. The molecule has 4 rings (SSSR count). The van der Waals surface area contributed by atoms with Gasteiger partial charge >= 0.3 is 0 Å². The van der Waals surface area contributed by atoms with Crippen molar-refractivity contribution in [1.82, 2.24) is 19.7 Å². The van der Waals surface area contributed by atoms with Gasteiger partial charge in [0.1, 0.15) is 0 Å². The normalized spacial score (nSPS) is 16.0. The van der Waals surface area contributed by atoms with Gasteiger partial charge in [0, 0.05) is 16.6 Å². The van der Waals surface area contributed by atoms with Gasteiger partial charge in [-0.05, 0) is 38.0 Å². The van der Waals surface area contributed by atoms with Crippen LogP contribution in [-0.4, -0.2) is 19.7 Å². The molecule has 7 heteroatoms. The van der Waals surface area contributed by atoms with E-state index in [-0.39, 0.29) is 5.54 Å². The van der Waals surface area contributed by atoms with E-state index in [1.165, 1.54) is 0 Å². The van der Waals surface area contributed by atoms with Crippen LogP contribution < -0.4 is 5.32 Å². The zero-order valence-electron chi connectivity index (χ0n) is 11.8. The van der Waals surface area contributed by atoms with Gasteiger partial charge in [0.25, 0.3) is 0 Å². The van der Waals surface area contributed by atoms with Gasteiger partial charge < -0.3 is 5.32 Å². The number of anilines is 2. The van der Waals surface area contributed by atoms with Gasteiger partial charge in [-0.1, -0.05) is 23.2 Å². The van der Waals surface area contributed by atoms with Crippen LogP contribution in [0.5, 0.6) is 0 Å². The highest BCUT2D eigenvalue weighted by molar-refractivity contribution is 6.32. The summed E-state index contributed by atoms with van der Waals surface area (Å²) in [5.41, 5.74) is 1.58. The Morgan fingerprint density at radius 1 is 1.23 bits per heavy atom. The fraction of sp³-hybridized carbons (Fsp3) is 0.267. The lowest BCUT2D eigenvalue weighted by atomic mass is 10.2. The van der Waals surface area contributed by atoms with E-state index < -0.39 is 0 Å². The third-order valence-electron chi connectivity index (χ3n) is 3.98. The number of hydrogen-bond acceptors (Lipinski definition) is 4. The van der Waals surface area contributed by atoms with Crippen molar-refractivity contribution in [3.63, 3.8) is 0 Å². The third-order valence-corrected chi connectivity index (χ3v) is 4.58. The monoisotopic (exact) mass is 333 g/mol. The molecule has 0 atom stereocenters. The minimum absolute atomic E-state index is 0.0536. The highest BCUT2D eigenvalue weighted by Crippen LogP contribution is 2.45. The number of halogens is 2. The lowest BCUT2D eigenvalue weighted by Gasteiger charge is -2.10. The summed E-state index contributed by atoms with van der Waals surface area (Å²) >= 11 is 12.4.